The summed E-state index contributed by atoms with van der Waals surface area (Å²) in [6.07, 6.45) is 3.48. The summed E-state index contributed by atoms with van der Waals surface area (Å²) in [7, 11) is 1.66. The Morgan fingerprint density at radius 3 is 2.61 bits per heavy atom. The lowest BCUT2D eigenvalue weighted by Gasteiger charge is -2.13. The van der Waals surface area contributed by atoms with Crippen molar-refractivity contribution >= 4 is 22.6 Å². The molecule has 170 valence electrons. The Kier molecular flexibility index (Phi) is 7.53. The number of nitrogens with zero attached hydrogens (tertiary/aromatic N) is 2. The number of rotatable bonds is 11. The van der Waals surface area contributed by atoms with Crippen molar-refractivity contribution in [1.82, 2.24) is 9.55 Å². The van der Waals surface area contributed by atoms with E-state index in [1.54, 1.807) is 7.11 Å². The van der Waals surface area contributed by atoms with Crippen LogP contribution in [0.2, 0.25) is 5.02 Å². The van der Waals surface area contributed by atoms with E-state index in [1.165, 1.54) is 0 Å². The van der Waals surface area contributed by atoms with Crippen LogP contribution in [0.25, 0.3) is 11.0 Å². The highest BCUT2D eigenvalue weighted by Gasteiger charge is 2.12. The van der Waals surface area contributed by atoms with Gasteiger partial charge in [0.15, 0.2) is 11.5 Å². The molecule has 0 aliphatic rings. The molecule has 0 aliphatic carbocycles. The lowest BCUT2D eigenvalue weighted by Crippen LogP contribution is -2.10. The molecule has 0 fully saturated rings. The van der Waals surface area contributed by atoms with E-state index in [1.807, 2.05) is 66.7 Å². The molecule has 6 heteroatoms. The Morgan fingerprint density at radius 1 is 1.00 bits per heavy atom. The van der Waals surface area contributed by atoms with Gasteiger partial charge >= 0.3 is 0 Å². The maximum Gasteiger partial charge on any atom is 0.161 e. The number of imidazole rings is 1. The number of ether oxygens (including phenoxy) is 3. The Bertz CT molecular complexity index is 1220. The predicted octanol–water partition coefficient (Wildman–Crippen LogP) is 6.47. The number of allylic oxidation sites excluding steroid dienone is 1. The molecular weight excluding hydrogens is 436 g/mol. The molecule has 0 aliphatic heterocycles. The fourth-order valence-electron chi connectivity index (χ4n) is 3.69. The van der Waals surface area contributed by atoms with Crippen LogP contribution in [0.1, 0.15) is 17.8 Å². The standard InChI is InChI=1S/C27H27ClN2O3/c1-3-7-20-10-15-25(26(18-20)31-2)32-17-6-16-30-24-9-5-4-8-23(24)29-27(30)19-33-22-13-11-21(28)12-14-22/h3-5,8-15,18H,1,6-7,16-17,19H2,2H3. The first-order valence-electron chi connectivity index (χ1n) is 10.9. The van der Waals surface area contributed by atoms with E-state index >= 15 is 0 Å². The van der Waals surface area contributed by atoms with Crippen LogP contribution in [0.5, 0.6) is 17.2 Å². The van der Waals surface area contributed by atoms with E-state index in [0.29, 0.717) is 18.2 Å². The molecule has 0 amide bonds. The van der Waals surface area contributed by atoms with Gasteiger partial charge in [-0.3, -0.25) is 0 Å². The Labute approximate surface area is 199 Å². The normalized spacial score (nSPS) is 10.8. The number of halogens is 1. The molecule has 5 nitrogen and oxygen atoms in total. The highest BCUT2D eigenvalue weighted by molar-refractivity contribution is 6.30. The van der Waals surface area contributed by atoms with Gasteiger partial charge in [-0.05, 0) is 66.9 Å². The van der Waals surface area contributed by atoms with E-state index in [0.717, 1.165) is 59.1 Å². The Morgan fingerprint density at radius 2 is 1.82 bits per heavy atom. The minimum Gasteiger partial charge on any atom is -0.493 e. The molecular formula is C27H27ClN2O3. The second kappa shape index (κ2) is 10.9. The Balaban J connectivity index is 1.42. The van der Waals surface area contributed by atoms with E-state index in [4.69, 9.17) is 30.8 Å². The first kappa shape index (κ1) is 22.7. The lowest BCUT2D eigenvalue weighted by atomic mass is 10.1. The van der Waals surface area contributed by atoms with Gasteiger partial charge in [0.1, 0.15) is 18.2 Å². The summed E-state index contributed by atoms with van der Waals surface area (Å²) in [5.41, 5.74) is 3.18. The molecule has 0 saturated heterocycles. The molecule has 4 aromatic rings. The molecule has 1 aromatic heterocycles. The summed E-state index contributed by atoms with van der Waals surface area (Å²) >= 11 is 5.97. The minimum absolute atomic E-state index is 0.371. The van der Waals surface area contributed by atoms with Gasteiger partial charge in [-0.2, -0.15) is 0 Å². The van der Waals surface area contributed by atoms with Crippen LogP contribution in [0, 0.1) is 0 Å². The van der Waals surface area contributed by atoms with Gasteiger partial charge in [0.2, 0.25) is 0 Å². The van der Waals surface area contributed by atoms with Gasteiger partial charge in [-0.15, -0.1) is 6.58 Å². The number of aromatic nitrogens is 2. The largest absolute Gasteiger partial charge is 0.493 e. The summed E-state index contributed by atoms with van der Waals surface area (Å²) in [4.78, 5) is 4.78. The molecule has 0 radical (unpaired) electrons. The summed E-state index contributed by atoms with van der Waals surface area (Å²) < 4.78 is 19.7. The maximum absolute atomic E-state index is 6.02. The molecule has 0 bridgehead atoms. The first-order chi connectivity index (χ1) is 16.2. The molecule has 0 spiro atoms. The minimum atomic E-state index is 0.371. The number of aryl methyl sites for hydroxylation is 1. The second-order valence-electron chi connectivity index (χ2n) is 7.59. The predicted molar refractivity (Wildman–Crippen MR) is 133 cm³/mol. The molecule has 0 saturated carbocycles. The van der Waals surface area contributed by atoms with E-state index in [2.05, 4.69) is 17.2 Å². The number of hydrogen-bond donors (Lipinski definition) is 0. The molecule has 3 aromatic carbocycles. The van der Waals surface area contributed by atoms with Crippen molar-refractivity contribution in [3.05, 3.63) is 95.8 Å². The lowest BCUT2D eigenvalue weighted by molar-refractivity contribution is 0.273. The summed E-state index contributed by atoms with van der Waals surface area (Å²) in [5.74, 6) is 3.11. The van der Waals surface area contributed by atoms with E-state index in [9.17, 15) is 0 Å². The number of hydrogen-bond acceptors (Lipinski definition) is 4. The van der Waals surface area contributed by atoms with Gasteiger partial charge in [0, 0.05) is 11.6 Å². The maximum atomic E-state index is 6.02. The summed E-state index contributed by atoms with van der Waals surface area (Å²) in [6, 6.07) is 21.4. The molecule has 0 unspecified atom stereocenters. The highest BCUT2D eigenvalue weighted by Crippen LogP contribution is 2.28. The SMILES string of the molecule is C=CCc1ccc(OCCCn2c(COc3ccc(Cl)cc3)nc3ccccc32)c(OC)c1. The zero-order chi connectivity index (χ0) is 23.0. The van der Waals surface area contributed by atoms with Crippen molar-refractivity contribution in [3.8, 4) is 17.2 Å². The average Bonchev–Trinajstić information content (AvgIpc) is 3.19. The van der Waals surface area contributed by atoms with Crippen LogP contribution < -0.4 is 14.2 Å². The van der Waals surface area contributed by atoms with E-state index < -0.39 is 0 Å². The number of fused-ring (bicyclic) bond motifs is 1. The zero-order valence-electron chi connectivity index (χ0n) is 18.7. The first-order valence-corrected chi connectivity index (χ1v) is 11.3. The number of benzene rings is 3. The molecule has 0 N–H and O–H groups in total. The van der Waals surface area contributed by atoms with Gasteiger partial charge < -0.3 is 18.8 Å². The van der Waals surface area contributed by atoms with Gasteiger partial charge in [-0.1, -0.05) is 35.9 Å². The monoisotopic (exact) mass is 462 g/mol. The molecule has 0 atom stereocenters. The van der Waals surface area contributed by atoms with Gasteiger partial charge in [0.25, 0.3) is 0 Å². The summed E-state index contributed by atoms with van der Waals surface area (Å²) in [5, 5.41) is 0.682. The van der Waals surface area contributed by atoms with Crippen LogP contribution in [0.15, 0.2) is 79.4 Å². The third kappa shape index (κ3) is 5.68. The molecule has 4 rings (SSSR count). The molecule has 33 heavy (non-hydrogen) atoms. The smallest absolute Gasteiger partial charge is 0.161 e. The third-order valence-electron chi connectivity index (χ3n) is 5.31. The molecule has 1 heterocycles. The van der Waals surface area contributed by atoms with Crippen LogP contribution in [-0.4, -0.2) is 23.3 Å². The third-order valence-corrected chi connectivity index (χ3v) is 5.56. The van der Waals surface area contributed by atoms with Crippen LogP contribution in [0.3, 0.4) is 0 Å². The highest BCUT2D eigenvalue weighted by atomic mass is 35.5. The van der Waals surface area contributed by atoms with Crippen molar-refractivity contribution in [2.24, 2.45) is 0 Å². The van der Waals surface area contributed by atoms with Crippen molar-refractivity contribution in [2.75, 3.05) is 13.7 Å². The Hall–Kier alpha value is -3.44. The van der Waals surface area contributed by atoms with Crippen LogP contribution >= 0.6 is 11.6 Å². The van der Waals surface area contributed by atoms with Crippen molar-refractivity contribution in [2.45, 2.75) is 26.0 Å². The second-order valence-corrected chi connectivity index (χ2v) is 8.03. The number of para-hydroxylation sites is 2. The van der Waals surface area contributed by atoms with Crippen LogP contribution in [-0.2, 0) is 19.6 Å². The fourth-order valence-corrected chi connectivity index (χ4v) is 3.82. The van der Waals surface area contributed by atoms with Crippen LogP contribution in [0.4, 0.5) is 0 Å². The topological polar surface area (TPSA) is 45.5 Å². The zero-order valence-corrected chi connectivity index (χ0v) is 19.4. The van der Waals surface area contributed by atoms with Gasteiger partial charge in [0.05, 0.1) is 24.8 Å². The number of methoxy groups -OCH3 is 1. The van der Waals surface area contributed by atoms with Crippen molar-refractivity contribution in [3.63, 3.8) is 0 Å². The van der Waals surface area contributed by atoms with Gasteiger partial charge in [-0.25, -0.2) is 4.98 Å². The fraction of sp³-hybridized carbons (Fsp3) is 0.222. The quantitative estimate of drug-likeness (QED) is 0.189. The van der Waals surface area contributed by atoms with E-state index in [-0.39, 0.29) is 0 Å². The summed E-state index contributed by atoms with van der Waals surface area (Å²) in [6.45, 7) is 5.48. The average molecular weight is 463 g/mol. The van der Waals surface area contributed by atoms with Crippen molar-refractivity contribution in [1.29, 1.82) is 0 Å². The van der Waals surface area contributed by atoms with Crippen molar-refractivity contribution < 1.29 is 14.2 Å².